The maximum absolute atomic E-state index is 13.3. The second-order valence-electron chi connectivity index (χ2n) is 9.04. The predicted octanol–water partition coefficient (Wildman–Crippen LogP) is 2.94. The minimum absolute atomic E-state index is 0.0772. The lowest BCUT2D eigenvalue weighted by atomic mass is 10.1. The Bertz CT molecular complexity index is 989. The maximum atomic E-state index is 13.3. The number of benzene rings is 2. The van der Waals surface area contributed by atoms with Crippen LogP contribution in [0, 0.1) is 5.82 Å². The van der Waals surface area contributed by atoms with Gasteiger partial charge in [-0.1, -0.05) is 18.2 Å². The Labute approximate surface area is 206 Å². The molecule has 2 fully saturated rings. The highest BCUT2D eigenvalue weighted by Gasteiger charge is 2.26. The standard InChI is InChI=1S/C26H34FN5O3/c1-35-23-9-7-20(8-10-23)24(31-11-2-3-12-31)18-28-26(34)32-15-13-30(14-16-32)19-25(33)29-22-6-4-5-21(27)17-22/h4-10,17,24H,2-3,11-16,18-19H2,1H3,(H,28,34)(H,29,33)/t24-/m1/s1. The van der Waals surface area contributed by atoms with Gasteiger partial charge < -0.3 is 20.3 Å². The maximum Gasteiger partial charge on any atom is 0.317 e. The molecule has 1 atom stereocenters. The Morgan fingerprint density at radius 1 is 1.00 bits per heavy atom. The summed E-state index contributed by atoms with van der Waals surface area (Å²) in [5.41, 5.74) is 1.61. The number of urea groups is 1. The Hall–Kier alpha value is -3.17. The van der Waals surface area contributed by atoms with Gasteiger partial charge in [0, 0.05) is 38.4 Å². The molecule has 0 spiro atoms. The number of amides is 3. The van der Waals surface area contributed by atoms with Gasteiger partial charge in [0.25, 0.3) is 0 Å². The number of nitrogens with zero attached hydrogens (tertiary/aromatic N) is 3. The molecule has 2 aliphatic heterocycles. The van der Waals surface area contributed by atoms with Crippen LogP contribution in [0.3, 0.4) is 0 Å². The summed E-state index contributed by atoms with van der Waals surface area (Å²) >= 11 is 0. The molecule has 3 amide bonds. The van der Waals surface area contributed by atoms with Gasteiger partial charge in [0.05, 0.1) is 19.7 Å². The highest BCUT2D eigenvalue weighted by molar-refractivity contribution is 5.92. The molecule has 0 saturated carbocycles. The van der Waals surface area contributed by atoms with Gasteiger partial charge in [-0.25, -0.2) is 9.18 Å². The molecule has 2 saturated heterocycles. The Balaban J connectivity index is 1.24. The molecule has 0 unspecified atom stereocenters. The van der Waals surface area contributed by atoms with Crippen LogP contribution in [0.5, 0.6) is 5.75 Å². The van der Waals surface area contributed by atoms with Crippen LogP contribution in [0.1, 0.15) is 24.4 Å². The molecular weight excluding hydrogens is 449 g/mol. The third-order valence-electron chi connectivity index (χ3n) is 6.66. The molecule has 188 valence electrons. The van der Waals surface area contributed by atoms with E-state index < -0.39 is 0 Å². The van der Waals surface area contributed by atoms with Gasteiger partial charge in [-0.05, 0) is 61.8 Å². The first-order valence-electron chi connectivity index (χ1n) is 12.2. The van der Waals surface area contributed by atoms with Gasteiger partial charge in [-0.3, -0.25) is 14.6 Å². The summed E-state index contributed by atoms with van der Waals surface area (Å²) in [6, 6.07) is 14.0. The monoisotopic (exact) mass is 483 g/mol. The SMILES string of the molecule is COc1ccc([C@@H](CNC(=O)N2CCN(CC(=O)Nc3cccc(F)c3)CC2)N2CCCC2)cc1. The summed E-state index contributed by atoms with van der Waals surface area (Å²) in [7, 11) is 1.66. The summed E-state index contributed by atoms with van der Waals surface area (Å²) in [5.74, 6) is 0.239. The molecular formula is C26H34FN5O3. The van der Waals surface area contributed by atoms with Crippen molar-refractivity contribution in [2.45, 2.75) is 18.9 Å². The summed E-state index contributed by atoms with van der Waals surface area (Å²) in [4.78, 5) is 31.4. The number of halogens is 1. The third kappa shape index (κ3) is 6.93. The van der Waals surface area contributed by atoms with E-state index in [0.29, 0.717) is 38.4 Å². The van der Waals surface area contributed by atoms with Crippen molar-refractivity contribution in [3.05, 3.63) is 59.9 Å². The number of likely N-dealkylation sites (tertiary alicyclic amines) is 1. The number of piperazine rings is 1. The van der Waals surface area contributed by atoms with E-state index in [1.807, 2.05) is 17.0 Å². The van der Waals surface area contributed by atoms with E-state index >= 15 is 0 Å². The number of rotatable bonds is 8. The average molecular weight is 484 g/mol. The number of ether oxygens (including phenoxy) is 1. The van der Waals surface area contributed by atoms with Crippen molar-refractivity contribution in [1.82, 2.24) is 20.0 Å². The van der Waals surface area contributed by atoms with Crippen LogP contribution >= 0.6 is 0 Å². The zero-order chi connectivity index (χ0) is 24.6. The van der Waals surface area contributed by atoms with E-state index in [1.54, 1.807) is 24.1 Å². The molecule has 0 aliphatic carbocycles. The average Bonchev–Trinajstić information content (AvgIpc) is 3.39. The van der Waals surface area contributed by atoms with E-state index in [9.17, 15) is 14.0 Å². The lowest BCUT2D eigenvalue weighted by molar-refractivity contribution is -0.117. The quantitative estimate of drug-likeness (QED) is 0.604. The normalized spacial score (nSPS) is 17.7. The van der Waals surface area contributed by atoms with Crippen molar-refractivity contribution >= 4 is 17.6 Å². The molecule has 0 aromatic heterocycles. The lowest BCUT2D eigenvalue weighted by Crippen LogP contribution is -2.53. The fourth-order valence-electron chi connectivity index (χ4n) is 4.71. The Morgan fingerprint density at radius 2 is 1.71 bits per heavy atom. The highest BCUT2D eigenvalue weighted by Crippen LogP contribution is 2.26. The van der Waals surface area contributed by atoms with Crippen molar-refractivity contribution in [1.29, 1.82) is 0 Å². The van der Waals surface area contributed by atoms with Crippen LogP contribution < -0.4 is 15.4 Å². The van der Waals surface area contributed by atoms with Crippen LogP contribution in [0.4, 0.5) is 14.9 Å². The van der Waals surface area contributed by atoms with Gasteiger partial charge in [0.15, 0.2) is 0 Å². The van der Waals surface area contributed by atoms with Crippen molar-refractivity contribution in [2.24, 2.45) is 0 Å². The Morgan fingerprint density at radius 3 is 2.37 bits per heavy atom. The van der Waals surface area contributed by atoms with Gasteiger partial charge >= 0.3 is 6.03 Å². The van der Waals surface area contributed by atoms with Crippen molar-refractivity contribution < 1.29 is 18.7 Å². The van der Waals surface area contributed by atoms with E-state index in [1.165, 1.54) is 30.5 Å². The van der Waals surface area contributed by atoms with Gasteiger partial charge in [-0.15, -0.1) is 0 Å². The largest absolute Gasteiger partial charge is 0.497 e. The number of carbonyl (C=O) groups is 2. The van der Waals surface area contributed by atoms with Crippen LogP contribution in [-0.4, -0.2) is 86.1 Å². The number of hydrogen-bond donors (Lipinski definition) is 2. The van der Waals surface area contributed by atoms with Crippen molar-refractivity contribution in [3.8, 4) is 5.75 Å². The zero-order valence-corrected chi connectivity index (χ0v) is 20.2. The van der Waals surface area contributed by atoms with Crippen LogP contribution in [-0.2, 0) is 4.79 Å². The summed E-state index contributed by atoms with van der Waals surface area (Å²) in [6.07, 6.45) is 2.35. The number of carbonyl (C=O) groups excluding carboxylic acids is 2. The zero-order valence-electron chi connectivity index (χ0n) is 20.2. The minimum atomic E-state index is -0.388. The summed E-state index contributed by atoms with van der Waals surface area (Å²) < 4.78 is 18.6. The first kappa shape index (κ1) is 24.9. The van der Waals surface area contributed by atoms with Crippen molar-refractivity contribution in [2.75, 3.05) is 64.8 Å². The van der Waals surface area contributed by atoms with E-state index in [2.05, 4.69) is 27.7 Å². The minimum Gasteiger partial charge on any atom is -0.497 e. The second-order valence-corrected chi connectivity index (χ2v) is 9.04. The number of nitrogens with one attached hydrogen (secondary N) is 2. The molecule has 2 heterocycles. The molecule has 4 rings (SSSR count). The summed E-state index contributed by atoms with van der Waals surface area (Å²) in [5, 5.41) is 5.85. The molecule has 9 heteroatoms. The molecule has 0 bridgehead atoms. The molecule has 2 aromatic rings. The first-order chi connectivity index (χ1) is 17.0. The number of hydrogen-bond acceptors (Lipinski definition) is 5. The fraction of sp³-hybridized carbons (Fsp3) is 0.462. The predicted molar refractivity (Wildman–Crippen MR) is 133 cm³/mol. The van der Waals surface area contributed by atoms with Gasteiger partial charge in [0.1, 0.15) is 11.6 Å². The van der Waals surface area contributed by atoms with Gasteiger partial charge in [0.2, 0.25) is 5.91 Å². The molecule has 2 N–H and O–H groups in total. The van der Waals surface area contributed by atoms with Crippen LogP contribution in [0.15, 0.2) is 48.5 Å². The van der Waals surface area contributed by atoms with E-state index in [0.717, 1.165) is 18.8 Å². The molecule has 8 nitrogen and oxygen atoms in total. The third-order valence-corrected chi connectivity index (χ3v) is 6.66. The molecule has 2 aliphatic rings. The summed E-state index contributed by atoms with van der Waals surface area (Å²) in [6.45, 7) is 5.13. The van der Waals surface area contributed by atoms with E-state index in [4.69, 9.17) is 4.74 Å². The van der Waals surface area contributed by atoms with Gasteiger partial charge in [-0.2, -0.15) is 0 Å². The number of anilines is 1. The van der Waals surface area contributed by atoms with Crippen molar-refractivity contribution in [3.63, 3.8) is 0 Å². The lowest BCUT2D eigenvalue weighted by Gasteiger charge is -2.35. The van der Waals surface area contributed by atoms with Crippen LogP contribution in [0.25, 0.3) is 0 Å². The smallest absolute Gasteiger partial charge is 0.317 e. The fourth-order valence-corrected chi connectivity index (χ4v) is 4.71. The molecule has 0 radical (unpaired) electrons. The molecule has 35 heavy (non-hydrogen) atoms. The number of methoxy groups -OCH3 is 1. The Kier molecular flexibility index (Phi) is 8.54. The topological polar surface area (TPSA) is 77.1 Å². The highest BCUT2D eigenvalue weighted by atomic mass is 19.1. The second kappa shape index (κ2) is 12.0. The molecule has 2 aromatic carbocycles. The van der Waals surface area contributed by atoms with E-state index in [-0.39, 0.29) is 30.3 Å². The first-order valence-corrected chi connectivity index (χ1v) is 12.2. The van der Waals surface area contributed by atoms with Crippen LogP contribution in [0.2, 0.25) is 0 Å².